The van der Waals surface area contributed by atoms with Crippen molar-refractivity contribution in [2.75, 3.05) is 0 Å². The van der Waals surface area contributed by atoms with Crippen molar-refractivity contribution in [3.8, 4) is 5.75 Å². The molecule has 120 valence electrons. The van der Waals surface area contributed by atoms with Gasteiger partial charge in [-0.15, -0.1) is 0 Å². The fourth-order valence-corrected chi connectivity index (χ4v) is 2.42. The first-order valence-corrected chi connectivity index (χ1v) is 7.56. The Kier molecular flexibility index (Phi) is 5.02. The zero-order valence-electron chi connectivity index (χ0n) is 14.0. The number of para-hydroxylation sites is 1. The average molecular weight is 310 g/mol. The lowest BCUT2D eigenvalue weighted by molar-refractivity contribution is -0.131. The molecular formula is C20H22O3. The Morgan fingerprint density at radius 2 is 1.83 bits per heavy atom. The molecule has 2 aromatic rings. The summed E-state index contributed by atoms with van der Waals surface area (Å²) in [6.45, 7) is 6.83. The number of aryl methyl sites for hydroxylation is 1. The number of hydrogen-bond donors (Lipinski definition) is 1. The van der Waals surface area contributed by atoms with Gasteiger partial charge in [0.25, 0.3) is 0 Å². The first-order chi connectivity index (χ1) is 10.8. The number of esters is 1. The molecule has 3 nitrogen and oxygen atoms in total. The standard InChI is InChI=1S/C20H22O3/c1-14-8-7-9-16(12-14)18(13-20(3,4)22)17-10-5-6-11-19(17)23-15(2)21/h5-13,22H,1-4H3/b18-13-. The molecule has 0 bridgehead atoms. The summed E-state index contributed by atoms with van der Waals surface area (Å²) in [7, 11) is 0. The van der Waals surface area contributed by atoms with E-state index in [1.54, 1.807) is 26.0 Å². The summed E-state index contributed by atoms with van der Waals surface area (Å²) in [6.07, 6.45) is 1.78. The van der Waals surface area contributed by atoms with E-state index in [4.69, 9.17) is 4.74 Å². The molecule has 0 aliphatic heterocycles. The number of benzene rings is 2. The largest absolute Gasteiger partial charge is 0.426 e. The summed E-state index contributed by atoms with van der Waals surface area (Å²) in [5.41, 5.74) is 2.69. The quantitative estimate of drug-likeness (QED) is 0.682. The van der Waals surface area contributed by atoms with E-state index in [2.05, 4.69) is 0 Å². The van der Waals surface area contributed by atoms with Crippen LogP contribution in [0.3, 0.4) is 0 Å². The monoisotopic (exact) mass is 310 g/mol. The van der Waals surface area contributed by atoms with Crippen molar-refractivity contribution in [3.63, 3.8) is 0 Å². The molecule has 0 atom stereocenters. The van der Waals surface area contributed by atoms with Crippen LogP contribution >= 0.6 is 0 Å². The van der Waals surface area contributed by atoms with Crippen LogP contribution in [0.1, 0.15) is 37.5 Å². The number of carbonyl (C=O) groups excluding carboxylic acids is 1. The summed E-state index contributed by atoms with van der Waals surface area (Å²) in [5.74, 6) is 0.112. The second-order valence-electron chi connectivity index (χ2n) is 6.17. The third-order valence-electron chi connectivity index (χ3n) is 3.26. The van der Waals surface area contributed by atoms with Crippen molar-refractivity contribution in [1.29, 1.82) is 0 Å². The minimum Gasteiger partial charge on any atom is -0.426 e. The van der Waals surface area contributed by atoms with Crippen molar-refractivity contribution >= 4 is 11.5 Å². The lowest BCUT2D eigenvalue weighted by atomic mass is 9.92. The topological polar surface area (TPSA) is 46.5 Å². The Bertz CT molecular complexity index is 737. The highest BCUT2D eigenvalue weighted by Crippen LogP contribution is 2.33. The van der Waals surface area contributed by atoms with Crippen LogP contribution in [0.5, 0.6) is 5.75 Å². The Labute approximate surface area is 137 Å². The zero-order chi connectivity index (χ0) is 17.0. The number of rotatable bonds is 4. The van der Waals surface area contributed by atoms with Gasteiger partial charge in [0.15, 0.2) is 0 Å². The molecule has 0 unspecified atom stereocenters. The first kappa shape index (κ1) is 17.0. The van der Waals surface area contributed by atoms with Gasteiger partial charge in [-0.1, -0.05) is 48.0 Å². The van der Waals surface area contributed by atoms with Gasteiger partial charge in [0.2, 0.25) is 0 Å². The van der Waals surface area contributed by atoms with E-state index in [0.29, 0.717) is 5.75 Å². The molecule has 0 aliphatic carbocycles. The van der Waals surface area contributed by atoms with Crippen molar-refractivity contribution in [3.05, 3.63) is 71.3 Å². The predicted molar refractivity (Wildman–Crippen MR) is 92.3 cm³/mol. The molecule has 0 fully saturated rings. The van der Waals surface area contributed by atoms with Crippen LogP contribution in [-0.2, 0) is 4.79 Å². The minimum absolute atomic E-state index is 0.371. The highest BCUT2D eigenvalue weighted by Gasteiger charge is 2.17. The highest BCUT2D eigenvalue weighted by atomic mass is 16.5. The molecule has 2 rings (SSSR count). The third-order valence-corrected chi connectivity index (χ3v) is 3.26. The third kappa shape index (κ3) is 4.80. The number of aliphatic hydroxyl groups is 1. The van der Waals surface area contributed by atoms with E-state index in [-0.39, 0.29) is 5.97 Å². The lowest BCUT2D eigenvalue weighted by Crippen LogP contribution is -2.15. The normalized spacial score (nSPS) is 12.1. The summed E-state index contributed by atoms with van der Waals surface area (Å²) in [4.78, 5) is 11.4. The van der Waals surface area contributed by atoms with Gasteiger partial charge < -0.3 is 9.84 Å². The van der Waals surface area contributed by atoms with Gasteiger partial charge >= 0.3 is 5.97 Å². The maximum atomic E-state index is 11.4. The van der Waals surface area contributed by atoms with E-state index in [1.165, 1.54) is 6.92 Å². The lowest BCUT2D eigenvalue weighted by Gasteiger charge is -2.18. The van der Waals surface area contributed by atoms with Crippen molar-refractivity contribution in [2.45, 2.75) is 33.3 Å². The van der Waals surface area contributed by atoms with Gasteiger partial charge in [0, 0.05) is 12.5 Å². The van der Waals surface area contributed by atoms with Gasteiger partial charge in [-0.3, -0.25) is 4.79 Å². The van der Waals surface area contributed by atoms with Crippen LogP contribution in [0, 0.1) is 6.92 Å². The summed E-state index contributed by atoms with van der Waals surface area (Å²) in [5, 5.41) is 10.3. The Morgan fingerprint density at radius 1 is 1.13 bits per heavy atom. The Morgan fingerprint density at radius 3 is 2.43 bits per heavy atom. The molecule has 0 saturated heterocycles. The minimum atomic E-state index is -0.998. The number of ether oxygens (including phenoxy) is 1. The predicted octanol–water partition coefficient (Wildman–Crippen LogP) is 4.12. The second kappa shape index (κ2) is 6.80. The van der Waals surface area contributed by atoms with Crippen LogP contribution in [0.4, 0.5) is 0 Å². The maximum absolute atomic E-state index is 11.4. The maximum Gasteiger partial charge on any atom is 0.308 e. The molecular weight excluding hydrogens is 288 g/mol. The fourth-order valence-electron chi connectivity index (χ4n) is 2.42. The van der Waals surface area contributed by atoms with Crippen molar-refractivity contribution < 1.29 is 14.6 Å². The molecule has 2 aromatic carbocycles. The molecule has 23 heavy (non-hydrogen) atoms. The van der Waals surface area contributed by atoms with E-state index in [9.17, 15) is 9.90 Å². The molecule has 0 spiro atoms. The molecule has 0 aromatic heterocycles. The molecule has 0 saturated carbocycles. The van der Waals surface area contributed by atoms with Gasteiger partial charge in [-0.2, -0.15) is 0 Å². The molecule has 3 heteroatoms. The van der Waals surface area contributed by atoms with Gasteiger partial charge in [-0.05, 0) is 44.1 Å². The summed E-state index contributed by atoms with van der Waals surface area (Å²) < 4.78 is 5.33. The van der Waals surface area contributed by atoms with Gasteiger partial charge in [0.1, 0.15) is 5.75 Å². The molecule has 1 N–H and O–H groups in total. The number of carbonyl (C=O) groups is 1. The van der Waals surface area contributed by atoms with E-state index in [1.807, 2.05) is 49.4 Å². The molecule has 0 aliphatic rings. The highest BCUT2D eigenvalue weighted by molar-refractivity contribution is 5.85. The van der Waals surface area contributed by atoms with Crippen molar-refractivity contribution in [2.24, 2.45) is 0 Å². The van der Waals surface area contributed by atoms with E-state index >= 15 is 0 Å². The molecule has 0 amide bonds. The fraction of sp³-hybridized carbons (Fsp3) is 0.250. The van der Waals surface area contributed by atoms with Crippen LogP contribution in [0.2, 0.25) is 0 Å². The Balaban J connectivity index is 2.65. The van der Waals surface area contributed by atoms with E-state index in [0.717, 1.165) is 22.3 Å². The van der Waals surface area contributed by atoms with Crippen LogP contribution in [0.25, 0.3) is 5.57 Å². The SMILES string of the molecule is CC(=O)Oc1ccccc1/C(=C\C(C)(C)O)c1cccc(C)c1. The second-order valence-corrected chi connectivity index (χ2v) is 6.17. The van der Waals surface area contributed by atoms with Crippen LogP contribution in [0.15, 0.2) is 54.6 Å². The first-order valence-electron chi connectivity index (χ1n) is 7.56. The van der Waals surface area contributed by atoms with Crippen LogP contribution < -0.4 is 4.74 Å². The molecule has 0 radical (unpaired) electrons. The van der Waals surface area contributed by atoms with Crippen LogP contribution in [-0.4, -0.2) is 16.7 Å². The summed E-state index contributed by atoms with van der Waals surface area (Å²) >= 11 is 0. The summed E-state index contributed by atoms with van der Waals surface area (Å²) in [6, 6.07) is 15.4. The molecule has 0 heterocycles. The number of hydrogen-bond acceptors (Lipinski definition) is 3. The van der Waals surface area contributed by atoms with E-state index < -0.39 is 5.60 Å². The average Bonchev–Trinajstić information content (AvgIpc) is 2.44. The van der Waals surface area contributed by atoms with Gasteiger partial charge in [0.05, 0.1) is 5.60 Å². The van der Waals surface area contributed by atoms with Gasteiger partial charge in [-0.25, -0.2) is 0 Å². The van der Waals surface area contributed by atoms with Crippen molar-refractivity contribution in [1.82, 2.24) is 0 Å². The Hall–Kier alpha value is -2.39. The zero-order valence-corrected chi connectivity index (χ0v) is 14.0. The smallest absolute Gasteiger partial charge is 0.308 e.